The van der Waals surface area contributed by atoms with Crippen molar-refractivity contribution in [3.63, 3.8) is 0 Å². The lowest BCUT2D eigenvalue weighted by Crippen LogP contribution is -2.27. The van der Waals surface area contributed by atoms with E-state index in [1.807, 2.05) is 30.3 Å². The number of halogens is 1. The molecular weight excluding hydrogens is 338 g/mol. The molecule has 3 heterocycles. The van der Waals surface area contributed by atoms with Crippen molar-refractivity contribution < 1.29 is 4.74 Å². The van der Waals surface area contributed by atoms with Gasteiger partial charge in [-0.1, -0.05) is 17.7 Å². The van der Waals surface area contributed by atoms with E-state index >= 15 is 0 Å². The van der Waals surface area contributed by atoms with Crippen molar-refractivity contribution in [3.8, 4) is 17.3 Å². The van der Waals surface area contributed by atoms with Crippen LogP contribution >= 0.6 is 11.6 Å². The number of methoxy groups -OCH3 is 1. The molecular formula is C19H14ClN3O2. The van der Waals surface area contributed by atoms with Crippen LogP contribution in [-0.4, -0.2) is 21.6 Å². The maximum atomic E-state index is 12.9. The number of nitrogens with one attached hydrogen (secondary N) is 1. The Hall–Kier alpha value is -2.79. The first-order valence-electron chi connectivity index (χ1n) is 8.05. The van der Waals surface area contributed by atoms with Crippen LogP contribution in [0.5, 0.6) is 5.75 Å². The number of H-pyrrole nitrogens is 1. The molecule has 5 rings (SSSR count). The van der Waals surface area contributed by atoms with Crippen molar-refractivity contribution in [1.82, 2.24) is 14.5 Å². The molecule has 4 aromatic rings. The summed E-state index contributed by atoms with van der Waals surface area (Å²) in [5, 5.41) is 2.03. The molecule has 6 heteroatoms. The first-order chi connectivity index (χ1) is 12.2. The summed E-state index contributed by atoms with van der Waals surface area (Å²) in [5.74, 6) is 1.48. The van der Waals surface area contributed by atoms with Crippen molar-refractivity contribution in [1.29, 1.82) is 0 Å². The van der Waals surface area contributed by atoms with Gasteiger partial charge in [0.25, 0.3) is 5.56 Å². The van der Waals surface area contributed by atoms with Gasteiger partial charge in [-0.15, -0.1) is 0 Å². The van der Waals surface area contributed by atoms with E-state index in [-0.39, 0.29) is 5.56 Å². The average Bonchev–Trinajstić information content (AvgIpc) is 3.00. The molecule has 0 aliphatic carbocycles. The summed E-state index contributed by atoms with van der Waals surface area (Å²) in [6, 6.07) is 11.3. The third-order valence-electron chi connectivity index (χ3n) is 4.85. The molecule has 0 atom stereocenters. The number of aromatic amines is 1. The molecule has 0 fully saturated rings. The van der Waals surface area contributed by atoms with E-state index in [0.29, 0.717) is 28.3 Å². The Morgan fingerprint density at radius 1 is 1.28 bits per heavy atom. The Morgan fingerprint density at radius 2 is 2.16 bits per heavy atom. The average molecular weight is 352 g/mol. The van der Waals surface area contributed by atoms with E-state index in [1.54, 1.807) is 17.7 Å². The van der Waals surface area contributed by atoms with Crippen molar-refractivity contribution in [3.05, 3.63) is 57.3 Å². The third-order valence-corrected chi connectivity index (χ3v) is 5.17. The maximum absolute atomic E-state index is 12.9. The third kappa shape index (κ3) is 1.96. The van der Waals surface area contributed by atoms with Crippen LogP contribution in [-0.2, 0) is 13.0 Å². The Bertz CT molecular complexity index is 1220. The number of nitrogens with zero attached hydrogens (tertiary/aromatic N) is 2. The molecule has 0 saturated carbocycles. The summed E-state index contributed by atoms with van der Waals surface area (Å²) < 4.78 is 7.05. The largest absolute Gasteiger partial charge is 0.497 e. The zero-order valence-electron chi connectivity index (χ0n) is 13.5. The maximum Gasteiger partial charge on any atom is 0.263 e. The number of benzene rings is 2. The van der Waals surface area contributed by atoms with Crippen LogP contribution in [0.3, 0.4) is 0 Å². The van der Waals surface area contributed by atoms with Crippen LogP contribution in [0.2, 0.25) is 5.02 Å². The first-order valence-corrected chi connectivity index (χ1v) is 8.43. The van der Waals surface area contributed by atoms with E-state index in [2.05, 4.69) is 4.98 Å². The summed E-state index contributed by atoms with van der Waals surface area (Å²) in [6.45, 7) is 0.583. The topological polar surface area (TPSA) is 59.9 Å². The summed E-state index contributed by atoms with van der Waals surface area (Å²) in [7, 11) is 1.66. The quantitative estimate of drug-likeness (QED) is 0.568. The number of aromatic nitrogens is 3. The predicted octanol–water partition coefficient (Wildman–Crippen LogP) is 3.76. The van der Waals surface area contributed by atoms with E-state index in [1.165, 1.54) is 5.56 Å². The Morgan fingerprint density at radius 3 is 3.00 bits per heavy atom. The predicted molar refractivity (Wildman–Crippen MR) is 98.6 cm³/mol. The monoisotopic (exact) mass is 351 g/mol. The normalized spacial score (nSPS) is 13.0. The molecule has 1 aliphatic heterocycles. The van der Waals surface area contributed by atoms with Gasteiger partial charge in [0.1, 0.15) is 5.75 Å². The number of ether oxygens (including phenoxy) is 1. The number of hydrogen-bond donors (Lipinski definition) is 1. The van der Waals surface area contributed by atoms with E-state index in [4.69, 9.17) is 21.3 Å². The van der Waals surface area contributed by atoms with Crippen LogP contribution < -0.4 is 10.3 Å². The molecule has 1 N–H and O–H groups in total. The summed E-state index contributed by atoms with van der Waals surface area (Å²) >= 11 is 6.23. The highest BCUT2D eigenvalue weighted by Gasteiger charge is 2.24. The molecule has 124 valence electrons. The second-order valence-corrected chi connectivity index (χ2v) is 6.57. The zero-order chi connectivity index (χ0) is 17.1. The fraction of sp³-hybridized carbons (Fsp3) is 0.158. The van der Waals surface area contributed by atoms with Gasteiger partial charge < -0.3 is 9.72 Å². The smallest absolute Gasteiger partial charge is 0.263 e. The van der Waals surface area contributed by atoms with Crippen molar-refractivity contribution >= 4 is 33.4 Å². The van der Waals surface area contributed by atoms with Crippen molar-refractivity contribution in [2.45, 2.75) is 13.0 Å². The Balaban J connectivity index is 1.86. The van der Waals surface area contributed by atoms with E-state index in [0.717, 1.165) is 28.8 Å². The molecule has 0 unspecified atom stereocenters. The lowest BCUT2D eigenvalue weighted by Gasteiger charge is -2.19. The Labute approximate surface area is 147 Å². The summed E-state index contributed by atoms with van der Waals surface area (Å²) in [6.07, 6.45) is 0.757. The second-order valence-electron chi connectivity index (χ2n) is 6.17. The second kappa shape index (κ2) is 5.10. The SMILES string of the molecule is COc1ccc2[nH]c3c(c2c1)CCn1c-3nc2cccc(Cl)c2c1=O. The van der Waals surface area contributed by atoms with Gasteiger partial charge in [-0.05, 0) is 42.3 Å². The van der Waals surface area contributed by atoms with Crippen LogP contribution in [0.4, 0.5) is 0 Å². The number of aryl methyl sites for hydroxylation is 1. The van der Waals surface area contributed by atoms with Crippen LogP contribution in [0.15, 0.2) is 41.2 Å². The van der Waals surface area contributed by atoms with Gasteiger partial charge in [-0.3, -0.25) is 9.36 Å². The fourth-order valence-electron chi connectivity index (χ4n) is 3.65. The minimum absolute atomic E-state index is 0.0903. The van der Waals surface area contributed by atoms with Gasteiger partial charge in [0.15, 0.2) is 5.82 Å². The van der Waals surface area contributed by atoms with Crippen molar-refractivity contribution in [2.24, 2.45) is 0 Å². The highest BCUT2D eigenvalue weighted by Crippen LogP contribution is 2.35. The highest BCUT2D eigenvalue weighted by molar-refractivity contribution is 6.35. The molecule has 0 radical (unpaired) electrons. The molecule has 25 heavy (non-hydrogen) atoms. The minimum Gasteiger partial charge on any atom is -0.497 e. The Kier molecular flexibility index (Phi) is 2.97. The minimum atomic E-state index is -0.0903. The molecule has 5 nitrogen and oxygen atoms in total. The number of hydrogen-bond acceptors (Lipinski definition) is 3. The summed E-state index contributed by atoms with van der Waals surface area (Å²) in [5.41, 5.74) is 3.61. The van der Waals surface area contributed by atoms with Gasteiger partial charge in [0.2, 0.25) is 0 Å². The molecule has 0 saturated heterocycles. The highest BCUT2D eigenvalue weighted by atomic mass is 35.5. The van der Waals surface area contributed by atoms with Gasteiger partial charge >= 0.3 is 0 Å². The van der Waals surface area contributed by atoms with E-state index < -0.39 is 0 Å². The molecule has 1 aliphatic rings. The van der Waals surface area contributed by atoms with Crippen LogP contribution in [0.25, 0.3) is 33.3 Å². The molecule has 2 aromatic carbocycles. The standard InChI is InChI=1S/C19H14ClN3O2/c1-25-10-5-6-14-12(9-10)11-7-8-23-18(17(11)21-14)22-15-4-2-3-13(20)16(15)19(23)24/h2-6,9,21H,7-8H2,1H3. The van der Waals surface area contributed by atoms with Gasteiger partial charge in [0, 0.05) is 17.4 Å². The number of rotatable bonds is 1. The van der Waals surface area contributed by atoms with Gasteiger partial charge in [-0.2, -0.15) is 0 Å². The lowest BCUT2D eigenvalue weighted by molar-refractivity contribution is 0.415. The van der Waals surface area contributed by atoms with Crippen LogP contribution in [0.1, 0.15) is 5.56 Å². The van der Waals surface area contributed by atoms with Crippen LogP contribution in [0, 0.1) is 0 Å². The van der Waals surface area contributed by atoms with Crippen molar-refractivity contribution in [2.75, 3.05) is 7.11 Å². The lowest BCUT2D eigenvalue weighted by atomic mass is 10.0. The number of fused-ring (bicyclic) bond motifs is 6. The zero-order valence-corrected chi connectivity index (χ0v) is 14.2. The summed E-state index contributed by atoms with van der Waals surface area (Å²) in [4.78, 5) is 21.1. The molecule has 0 spiro atoms. The first kappa shape index (κ1) is 14.5. The molecule has 0 bridgehead atoms. The fourth-order valence-corrected chi connectivity index (χ4v) is 3.90. The molecule has 0 amide bonds. The van der Waals surface area contributed by atoms with E-state index in [9.17, 15) is 4.79 Å². The molecule has 2 aromatic heterocycles. The van der Waals surface area contributed by atoms with Gasteiger partial charge in [0.05, 0.1) is 28.7 Å². The van der Waals surface area contributed by atoms with Gasteiger partial charge in [-0.25, -0.2) is 4.98 Å².